The molecule has 4 heteroatoms. The molecule has 9 rings (SSSR count). The third-order valence-electron chi connectivity index (χ3n) is 9.26. The van der Waals surface area contributed by atoms with Crippen LogP contribution < -0.4 is 4.74 Å². The Morgan fingerprint density at radius 1 is 0.373 bits per heavy atom. The number of pyridine rings is 1. The van der Waals surface area contributed by atoms with E-state index in [0.29, 0.717) is 5.82 Å². The van der Waals surface area contributed by atoms with Crippen LogP contribution in [0, 0.1) is 0 Å². The summed E-state index contributed by atoms with van der Waals surface area (Å²) in [5.41, 5.74) is 13.2. The van der Waals surface area contributed by atoms with Crippen molar-refractivity contribution in [1.29, 1.82) is 0 Å². The molecular weight excluding hydrogens is 623 g/mol. The molecular formula is C47H31N3O. The molecule has 0 unspecified atom stereocenters. The Bertz CT molecular complexity index is 2540. The molecule has 2 aromatic heterocycles. The minimum Gasteiger partial charge on any atom is -0.456 e. The van der Waals surface area contributed by atoms with Crippen LogP contribution in [-0.2, 0) is 0 Å². The third kappa shape index (κ3) is 6.00. The fraction of sp³-hybridized carbons (Fsp3) is 0. The summed E-state index contributed by atoms with van der Waals surface area (Å²) >= 11 is 0. The van der Waals surface area contributed by atoms with Crippen molar-refractivity contribution in [3.8, 4) is 78.8 Å². The largest absolute Gasteiger partial charge is 0.456 e. The van der Waals surface area contributed by atoms with Crippen LogP contribution in [0.4, 0.5) is 0 Å². The highest BCUT2D eigenvalue weighted by Gasteiger charge is 2.18. The number of nitrogens with zero attached hydrogens (tertiary/aromatic N) is 3. The van der Waals surface area contributed by atoms with Crippen LogP contribution in [0.15, 0.2) is 176 Å². The van der Waals surface area contributed by atoms with Gasteiger partial charge in [0.15, 0.2) is 5.82 Å². The van der Waals surface area contributed by atoms with Crippen LogP contribution in [0.5, 0.6) is 11.5 Å². The second kappa shape index (κ2) is 13.2. The predicted octanol–water partition coefficient (Wildman–Crippen LogP) is 12.1. The molecule has 0 N–H and O–H groups in total. The van der Waals surface area contributed by atoms with Gasteiger partial charge in [0.05, 0.1) is 11.4 Å². The lowest BCUT2D eigenvalue weighted by molar-refractivity contribution is 0.486. The number of aromatic nitrogens is 3. The van der Waals surface area contributed by atoms with Crippen molar-refractivity contribution in [1.82, 2.24) is 15.0 Å². The summed E-state index contributed by atoms with van der Waals surface area (Å²) in [6.07, 6.45) is 8.06. The van der Waals surface area contributed by atoms with Crippen molar-refractivity contribution in [2.75, 3.05) is 0 Å². The molecule has 0 spiro atoms. The van der Waals surface area contributed by atoms with Gasteiger partial charge >= 0.3 is 0 Å². The summed E-state index contributed by atoms with van der Waals surface area (Å²) in [5, 5.41) is 0. The summed E-state index contributed by atoms with van der Waals surface area (Å²) in [6.45, 7) is 0. The lowest BCUT2D eigenvalue weighted by Crippen LogP contribution is -1.97. The van der Waals surface area contributed by atoms with Gasteiger partial charge in [-0.15, -0.1) is 0 Å². The number of hydrogen-bond donors (Lipinski definition) is 0. The molecule has 51 heavy (non-hydrogen) atoms. The Labute approximate surface area is 297 Å². The van der Waals surface area contributed by atoms with E-state index in [1.165, 1.54) is 0 Å². The van der Waals surface area contributed by atoms with Gasteiger partial charge in [0.2, 0.25) is 0 Å². The van der Waals surface area contributed by atoms with Crippen molar-refractivity contribution in [3.63, 3.8) is 0 Å². The molecule has 0 saturated carbocycles. The van der Waals surface area contributed by atoms with Gasteiger partial charge in [0, 0.05) is 40.2 Å². The highest BCUT2D eigenvalue weighted by Crippen LogP contribution is 2.42. The fourth-order valence-electron chi connectivity index (χ4n) is 6.66. The zero-order chi connectivity index (χ0) is 34.0. The highest BCUT2D eigenvalue weighted by atomic mass is 16.5. The molecule has 0 saturated heterocycles. The van der Waals surface area contributed by atoms with Gasteiger partial charge in [0.1, 0.15) is 11.5 Å². The average Bonchev–Trinajstić information content (AvgIpc) is 3.23. The maximum Gasteiger partial charge on any atom is 0.160 e. The standard InChI is InChI=1S/C47H31N3O/c1-2-12-35(13-3-1)43-30-44(36-25-20-32(21-26-36)38-14-10-28-48-31-38)50-47(49-43)37-27-24-34-23-22-33-11-4-5-15-39(33)40-16-6-8-18-45(40)51-46-19-9-7-17-41(46)42(34)29-37/h1-31H/b23-22-. The van der Waals surface area contributed by atoms with Gasteiger partial charge < -0.3 is 4.74 Å². The lowest BCUT2D eigenvalue weighted by atomic mass is 9.94. The smallest absolute Gasteiger partial charge is 0.160 e. The summed E-state index contributed by atoms with van der Waals surface area (Å²) < 4.78 is 6.77. The molecule has 3 heterocycles. The molecule has 8 aromatic rings. The fourth-order valence-corrected chi connectivity index (χ4v) is 6.66. The summed E-state index contributed by atoms with van der Waals surface area (Å²) in [4.78, 5) is 14.6. The maximum atomic E-state index is 6.77. The van der Waals surface area contributed by atoms with Crippen LogP contribution in [0.3, 0.4) is 0 Å². The van der Waals surface area contributed by atoms with E-state index in [9.17, 15) is 0 Å². The molecule has 0 aliphatic carbocycles. The molecule has 0 atom stereocenters. The van der Waals surface area contributed by atoms with E-state index < -0.39 is 0 Å². The molecule has 0 radical (unpaired) electrons. The van der Waals surface area contributed by atoms with Crippen LogP contribution >= 0.6 is 0 Å². The molecule has 0 amide bonds. The summed E-state index contributed by atoms with van der Waals surface area (Å²) in [6, 6.07) is 56.2. The number of benzene rings is 6. The first-order chi connectivity index (χ1) is 25.3. The third-order valence-corrected chi connectivity index (χ3v) is 9.26. The Kier molecular flexibility index (Phi) is 7.80. The number of ether oxygens (including phenoxy) is 1. The van der Waals surface area contributed by atoms with E-state index in [4.69, 9.17) is 14.7 Å². The van der Waals surface area contributed by atoms with Gasteiger partial charge in [-0.3, -0.25) is 4.98 Å². The molecule has 4 nitrogen and oxygen atoms in total. The van der Waals surface area contributed by atoms with Crippen LogP contribution in [0.25, 0.3) is 79.4 Å². The maximum absolute atomic E-state index is 6.77. The minimum absolute atomic E-state index is 0.651. The average molecular weight is 654 g/mol. The van der Waals surface area contributed by atoms with Gasteiger partial charge in [-0.05, 0) is 63.7 Å². The Balaban J connectivity index is 1.21. The van der Waals surface area contributed by atoms with E-state index >= 15 is 0 Å². The van der Waals surface area contributed by atoms with Crippen molar-refractivity contribution in [3.05, 3.63) is 187 Å². The zero-order valence-electron chi connectivity index (χ0n) is 27.6. The van der Waals surface area contributed by atoms with Gasteiger partial charge in [0.25, 0.3) is 0 Å². The first kappa shape index (κ1) is 30.2. The van der Waals surface area contributed by atoms with E-state index in [1.54, 1.807) is 6.20 Å². The molecule has 0 bridgehead atoms. The molecule has 240 valence electrons. The van der Waals surface area contributed by atoms with Gasteiger partial charge in [-0.2, -0.15) is 0 Å². The zero-order valence-corrected chi connectivity index (χ0v) is 27.6. The lowest BCUT2D eigenvalue weighted by Gasteiger charge is -2.16. The number of fused-ring (bicyclic) bond motifs is 6. The van der Waals surface area contributed by atoms with Crippen LogP contribution in [-0.4, -0.2) is 15.0 Å². The Hall–Kier alpha value is -6.91. The van der Waals surface area contributed by atoms with Gasteiger partial charge in [-0.25, -0.2) is 9.97 Å². The van der Waals surface area contributed by atoms with Gasteiger partial charge in [-0.1, -0.05) is 146 Å². The highest BCUT2D eigenvalue weighted by molar-refractivity contribution is 5.90. The minimum atomic E-state index is 0.651. The van der Waals surface area contributed by atoms with Crippen molar-refractivity contribution in [2.24, 2.45) is 0 Å². The van der Waals surface area contributed by atoms with E-state index in [2.05, 4.69) is 132 Å². The first-order valence-corrected chi connectivity index (χ1v) is 17.0. The van der Waals surface area contributed by atoms with Crippen molar-refractivity contribution < 1.29 is 4.74 Å². The Morgan fingerprint density at radius 3 is 1.63 bits per heavy atom. The van der Waals surface area contributed by atoms with Crippen LogP contribution in [0.2, 0.25) is 0 Å². The quantitative estimate of drug-likeness (QED) is 0.190. The van der Waals surface area contributed by atoms with Crippen molar-refractivity contribution >= 4 is 12.2 Å². The molecule has 0 fully saturated rings. The van der Waals surface area contributed by atoms with E-state index in [0.717, 1.165) is 84.1 Å². The predicted molar refractivity (Wildman–Crippen MR) is 208 cm³/mol. The Morgan fingerprint density at radius 2 is 0.922 bits per heavy atom. The molecule has 1 aliphatic rings. The first-order valence-electron chi connectivity index (χ1n) is 17.0. The topological polar surface area (TPSA) is 47.9 Å². The van der Waals surface area contributed by atoms with E-state index in [1.807, 2.05) is 54.7 Å². The number of hydrogen-bond acceptors (Lipinski definition) is 4. The van der Waals surface area contributed by atoms with Crippen molar-refractivity contribution in [2.45, 2.75) is 0 Å². The summed E-state index contributed by atoms with van der Waals surface area (Å²) in [7, 11) is 0. The monoisotopic (exact) mass is 653 g/mol. The van der Waals surface area contributed by atoms with E-state index in [-0.39, 0.29) is 0 Å². The SMILES string of the molecule is C1=C\c2ccc(-c3nc(-c4ccccc4)cc(-c4ccc(-c5cccnc5)cc4)n3)cc2-c2ccccc2Oc2ccccc2-c2ccccc2/1. The molecule has 1 aliphatic heterocycles. The van der Waals surface area contributed by atoms with Crippen LogP contribution in [0.1, 0.15) is 11.1 Å². The normalized spacial score (nSPS) is 12.2. The second-order valence-corrected chi connectivity index (χ2v) is 12.5. The molecule has 6 aromatic carbocycles. The second-order valence-electron chi connectivity index (χ2n) is 12.5. The number of rotatable bonds is 4. The number of para-hydroxylation sites is 2. The summed E-state index contributed by atoms with van der Waals surface area (Å²) in [5.74, 6) is 2.24.